The molecule has 3 aliphatic heterocycles. The first kappa shape index (κ1) is 14.0. The number of carbonyl (C=O) groups is 1. The minimum atomic E-state index is -0.00733. The van der Waals surface area contributed by atoms with Crippen molar-refractivity contribution in [2.45, 2.75) is 31.8 Å². The number of nitrogens with zero attached hydrogens (tertiary/aromatic N) is 2. The summed E-state index contributed by atoms with van der Waals surface area (Å²) in [6.45, 7) is 4.61. The number of amides is 1. The molecule has 3 saturated heterocycles. The highest BCUT2D eigenvalue weighted by atomic mass is 32.1. The summed E-state index contributed by atoms with van der Waals surface area (Å²) in [6.07, 6.45) is 6.19. The average Bonchev–Trinajstić information content (AvgIpc) is 3.21. The van der Waals surface area contributed by atoms with E-state index in [9.17, 15) is 4.79 Å². The van der Waals surface area contributed by atoms with Crippen LogP contribution in [-0.4, -0.2) is 40.7 Å². The second-order valence-corrected chi connectivity index (χ2v) is 7.19. The van der Waals surface area contributed by atoms with Gasteiger partial charge in [-0.3, -0.25) is 9.47 Å². The molecule has 0 saturated carbocycles. The fourth-order valence-electron chi connectivity index (χ4n) is 3.88. The van der Waals surface area contributed by atoms with E-state index in [1.165, 1.54) is 31.5 Å². The first-order chi connectivity index (χ1) is 10.7. The summed E-state index contributed by atoms with van der Waals surface area (Å²) in [7, 11) is 0. The Hall–Kier alpha value is -1.59. The van der Waals surface area contributed by atoms with Crippen molar-refractivity contribution in [2.24, 2.45) is 5.92 Å². The van der Waals surface area contributed by atoms with Gasteiger partial charge in [0.05, 0.1) is 0 Å². The van der Waals surface area contributed by atoms with Gasteiger partial charge >= 0.3 is 6.03 Å². The fraction of sp³-hybridized carbons (Fsp3) is 0.471. The van der Waals surface area contributed by atoms with E-state index in [2.05, 4.69) is 34.0 Å². The lowest BCUT2D eigenvalue weighted by Crippen LogP contribution is -2.62. The lowest BCUT2D eigenvalue weighted by molar-refractivity contribution is 0.0267. The van der Waals surface area contributed by atoms with Crippen LogP contribution in [0.3, 0.4) is 0 Å². The van der Waals surface area contributed by atoms with Crippen LogP contribution in [0.1, 0.15) is 19.8 Å². The summed E-state index contributed by atoms with van der Waals surface area (Å²) in [6, 6.07) is 4.80. The number of hydrogen-bond acceptors (Lipinski definition) is 3. The van der Waals surface area contributed by atoms with E-state index in [-0.39, 0.29) is 12.1 Å². The summed E-state index contributed by atoms with van der Waals surface area (Å²) < 4.78 is 1.68. The van der Waals surface area contributed by atoms with E-state index >= 15 is 0 Å². The molecule has 3 fully saturated rings. The molecule has 0 unspecified atom stereocenters. The molecule has 1 amide bonds. The molecule has 0 aromatic carbocycles. The van der Waals surface area contributed by atoms with Crippen LogP contribution < -0.4 is 5.32 Å². The number of fused-ring (bicyclic) bond motifs is 3. The van der Waals surface area contributed by atoms with Crippen molar-refractivity contribution >= 4 is 17.4 Å². The Labute approximate surface area is 134 Å². The lowest BCUT2D eigenvalue weighted by atomic mass is 9.79. The highest BCUT2D eigenvalue weighted by Gasteiger charge is 2.40. The summed E-state index contributed by atoms with van der Waals surface area (Å²) in [5.74, 6) is 0.635. The van der Waals surface area contributed by atoms with Gasteiger partial charge in [0.1, 0.15) is 0 Å². The Bertz CT molecular complexity index is 653. The quantitative estimate of drug-likeness (QED) is 0.923. The molecule has 4 nitrogen and oxygen atoms in total. The van der Waals surface area contributed by atoms with Gasteiger partial charge in [-0.05, 0) is 67.2 Å². The third-order valence-corrected chi connectivity index (χ3v) is 5.93. The summed E-state index contributed by atoms with van der Waals surface area (Å²) in [5, 5.41) is 7.42. The molecule has 22 heavy (non-hydrogen) atoms. The largest absolute Gasteiger partial charge is 0.333 e. The van der Waals surface area contributed by atoms with Crippen molar-refractivity contribution in [1.82, 2.24) is 14.8 Å². The summed E-state index contributed by atoms with van der Waals surface area (Å²) >= 11 is 1.67. The molecule has 0 aliphatic carbocycles. The van der Waals surface area contributed by atoms with Crippen molar-refractivity contribution in [3.05, 3.63) is 35.3 Å². The predicted octanol–water partition coefficient (Wildman–Crippen LogP) is 3.26. The Morgan fingerprint density at radius 1 is 1.27 bits per heavy atom. The van der Waals surface area contributed by atoms with Crippen LogP contribution in [0.5, 0.6) is 0 Å². The van der Waals surface area contributed by atoms with Gasteiger partial charge < -0.3 is 5.32 Å². The van der Waals surface area contributed by atoms with Crippen LogP contribution in [0, 0.1) is 5.92 Å². The zero-order valence-corrected chi connectivity index (χ0v) is 13.6. The summed E-state index contributed by atoms with van der Waals surface area (Å²) in [4.78, 5) is 15.1. The van der Waals surface area contributed by atoms with Crippen molar-refractivity contribution in [3.8, 4) is 11.1 Å². The monoisotopic (exact) mass is 315 g/mol. The highest BCUT2D eigenvalue weighted by molar-refractivity contribution is 7.08. The minimum Gasteiger partial charge on any atom is -0.333 e. The van der Waals surface area contributed by atoms with Crippen LogP contribution in [0.4, 0.5) is 4.79 Å². The van der Waals surface area contributed by atoms with E-state index in [1.54, 1.807) is 15.9 Å². The van der Waals surface area contributed by atoms with Crippen LogP contribution >= 0.6 is 11.3 Å². The standard InChI is InChI=1S/C17H21N3OS/c1-12-16(13-2-6-19(12)7-3-13)18-17(21)20-8-4-14(10-20)15-5-9-22-11-15/h4-5,8-13,16H,2-3,6-7H2,1H3,(H,18,21)/t12-,16+/m1/s1. The first-order valence-corrected chi connectivity index (χ1v) is 8.92. The lowest BCUT2D eigenvalue weighted by Gasteiger charge is -2.49. The second-order valence-electron chi connectivity index (χ2n) is 6.41. The van der Waals surface area contributed by atoms with Gasteiger partial charge in [-0.15, -0.1) is 0 Å². The molecule has 2 bridgehead atoms. The van der Waals surface area contributed by atoms with Gasteiger partial charge in [-0.25, -0.2) is 4.79 Å². The van der Waals surface area contributed by atoms with E-state index in [4.69, 9.17) is 0 Å². The van der Waals surface area contributed by atoms with Crippen molar-refractivity contribution in [1.29, 1.82) is 0 Å². The van der Waals surface area contributed by atoms with Gasteiger partial charge in [0.15, 0.2) is 0 Å². The Morgan fingerprint density at radius 2 is 2.09 bits per heavy atom. The molecule has 5 rings (SSSR count). The van der Waals surface area contributed by atoms with Gasteiger partial charge in [0.25, 0.3) is 0 Å². The highest BCUT2D eigenvalue weighted by Crippen LogP contribution is 2.32. The third kappa shape index (κ3) is 2.38. The number of piperidine rings is 3. The van der Waals surface area contributed by atoms with Crippen molar-refractivity contribution in [3.63, 3.8) is 0 Å². The molecular weight excluding hydrogens is 294 g/mol. The predicted molar refractivity (Wildman–Crippen MR) is 89.2 cm³/mol. The normalized spacial score (nSPS) is 30.4. The zero-order chi connectivity index (χ0) is 15.1. The van der Waals surface area contributed by atoms with E-state index < -0.39 is 0 Å². The molecule has 0 spiro atoms. The SMILES string of the molecule is C[C@@H]1[C@H](NC(=O)n2ccc(-c3ccsc3)c2)C2CCN1CC2. The van der Waals surface area contributed by atoms with E-state index in [0.29, 0.717) is 12.0 Å². The molecular formula is C17H21N3OS. The maximum absolute atomic E-state index is 12.6. The Balaban J connectivity index is 1.48. The number of carbonyl (C=O) groups excluding carboxylic acids is 1. The number of rotatable bonds is 2. The molecule has 2 atom stereocenters. The minimum absolute atomic E-state index is 0.00733. The van der Waals surface area contributed by atoms with E-state index in [0.717, 1.165) is 5.56 Å². The van der Waals surface area contributed by atoms with Crippen LogP contribution in [0.2, 0.25) is 0 Å². The fourth-order valence-corrected chi connectivity index (χ4v) is 4.55. The van der Waals surface area contributed by atoms with Gasteiger partial charge in [-0.2, -0.15) is 11.3 Å². The molecule has 5 heterocycles. The maximum atomic E-state index is 12.6. The van der Waals surface area contributed by atoms with Gasteiger partial charge in [0, 0.05) is 30.0 Å². The molecule has 116 valence electrons. The van der Waals surface area contributed by atoms with Crippen LogP contribution in [0.15, 0.2) is 35.3 Å². The number of hydrogen-bond donors (Lipinski definition) is 1. The molecule has 5 heteroatoms. The number of nitrogens with one attached hydrogen (secondary N) is 1. The topological polar surface area (TPSA) is 37.3 Å². The van der Waals surface area contributed by atoms with Crippen LogP contribution in [-0.2, 0) is 0 Å². The third-order valence-electron chi connectivity index (χ3n) is 5.25. The smallest absolute Gasteiger partial charge is 0.325 e. The molecule has 0 radical (unpaired) electrons. The summed E-state index contributed by atoms with van der Waals surface area (Å²) in [5.41, 5.74) is 2.27. The van der Waals surface area contributed by atoms with Gasteiger partial charge in [0.2, 0.25) is 0 Å². The number of aromatic nitrogens is 1. The van der Waals surface area contributed by atoms with Crippen LogP contribution in [0.25, 0.3) is 11.1 Å². The zero-order valence-electron chi connectivity index (χ0n) is 12.7. The molecule has 2 aromatic rings. The van der Waals surface area contributed by atoms with Crippen molar-refractivity contribution < 1.29 is 4.79 Å². The van der Waals surface area contributed by atoms with Crippen molar-refractivity contribution in [2.75, 3.05) is 13.1 Å². The molecule has 1 N–H and O–H groups in total. The first-order valence-electron chi connectivity index (χ1n) is 7.98. The van der Waals surface area contributed by atoms with Gasteiger partial charge in [-0.1, -0.05) is 0 Å². The molecule has 3 aliphatic rings. The maximum Gasteiger partial charge on any atom is 0.325 e. The average molecular weight is 315 g/mol. The van der Waals surface area contributed by atoms with E-state index in [1.807, 2.05) is 18.5 Å². The Morgan fingerprint density at radius 3 is 2.77 bits per heavy atom. The number of thiophene rings is 1. The second kappa shape index (κ2) is 5.56. The molecule has 2 aromatic heterocycles. The Kier molecular flexibility index (Phi) is 3.54.